The molecule has 0 saturated heterocycles. The molecule has 1 fully saturated rings. The Bertz CT molecular complexity index is 1040. The molecule has 1 saturated carbocycles. The molecule has 1 aromatic heterocycles. The zero-order valence-electron chi connectivity index (χ0n) is 14.8. The van der Waals surface area contributed by atoms with Crippen LogP contribution < -0.4 is 5.43 Å². The van der Waals surface area contributed by atoms with Gasteiger partial charge in [-0.3, -0.25) is 14.9 Å². The number of hydrogen-bond donors (Lipinski definition) is 1. The van der Waals surface area contributed by atoms with E-state index in [0.717, 1.165) is 6.42 Å². The first kappa shape index (κ1) is 17.7. The monoisotopic (exact) mass is 375 g/mol. The summed E-state index contributed by atoms with van der Waals surface area (Å²) in [5.74, 6) is 1.01. The molecular weight excluding hydrogens is 358 g/mol. The van der Waals surface area contributed by atoms with E-state index in [4.69, 9.17) is 4.42 Å². The van der Waals surface area contributed by atoms with E-state index in [1.165, 1.54) is 23.9 Å². The molecule has 0 unspecified atom stereocenters. The van der Waals surface area contributed by atoms with E-state index >= 15 is 0 Å². The molecule has 28 heavy (non-hydrogen) atoms. The number of hydrazone groups is 1. The van der Waals surface area contributed by atoms with Gasteiger partial charge in [0.25, 0.3) is 5.69 Å². The third kappa shape index (κ3) is 3.83. The van der Waals surface area contributed by atoms with Crippen LogP contribution in [0.3, 0.4) is 0 Å². The van der Waals surface area contributed by atoms with Gasteiger partial charge >= 0.3 is 0 Å². The number of nitro groups is 1. The first-order chi connectivity index (χ1) is 13.6. The maximum Gasteiger partial charge on any atom is 0.270 e. The Hall–Kier alpha value is -3.74. The van der Waals surface area contributed by atoms with Gasteiger partial charge in [0, 0.05) is 23.6 Å². The van der Waals surface area contributed by atoms with E-state index < -0.39 is 4.92 Å². The Kier molecular flexibility index (Phi) is 4.72. The van der Waals surface area contributed by atoms with Crippen molar-refractivity contribution in [3.8, 4) is 11.3 Å². The highest BCUT2D eigenvalue weighted by atomic mass is 16.6. The van der Waals surface area contributed by atoms with Crippen LogP contribution in [0, 0.1) is 16.0 Å². The fourth-order valence-electron chi connectivity index (χ4n) is 3.15. The Morgan fingerprint density at radius 1 is 1.14 bits per heavy atom. The minimum atomic E-state index is -0.453. The summed E-state index contributed by atoms with van der Waals surface area (Å²) < 4.78 is 5.63. The summed E-state index contributed by atoms with van der Waals surface area (Å²) >= 11 is 0. The molecule has 3 aromatic rings. The minimum absolute atomic E-state index is 0.00576. The lowest BCUT2D eigenvalue weighted by Crippen LogP contribution is -2.20. The molecule has 1 aliphatic rings. The van der Waals surface area contributed by atoms with Crippen LogP contribution in [0.15, 0.2) is 76.2 Å². The summed E-state index contributed by atoms with van der Waals surface area (Å²) in [6, 6.07) is 19.5. The molecule has 1 amide bonds. The molecular formula is C21H17N3O4. The Morgan fingerprint density at radius 3 is 2.75 bits per heavy atom. The molecule has 0 spiro atoms. The molecule has 0 aliphatic heterocycles. The molecule has 1 aliphatic carbocycles. The fourth-order valence-corrected chi connectivity index (χ4v) is 3.15. The normalized spacial score (nSPS) is 18.1. The molecule has 7 heteroatoms. The van der Waals surface area contributed by atoms with Gasteiger partial charge in [0.05, 0.1) is 11.1 Å². The lowest BCUT2D eigenvalue weighted by atomic mass is 10.1. The molecule has 4 rings (SSSR count). The van der Waals surface area contributed by atoms with Crippen molar-refractivity contribution < 1.29 is 14.1 Å². The standard InChI is InChI=1S/C21H17N3O4/c25-21(19-12-18(19)14-5-2-1-3-6-14)23-22-13-17-9-10-20(28-17)15-7-4-8-16(11-15)24(26)27/h1-11,13,18-19H,12H2,(H,23,25)/b22-13-/t18-,19+/m0/s1. The van der Waals surface area contributed by atoms with Crippen LogP contribution >= 0.6 is 0 Å². The highest BCUT2D eigenvalue weighted by molar-refractivity contribution is 5.85. The van der Waals surface area contributed by atoms with Crippen LogP contribution in [0.1, 0.15) is 23.7 Å². The molecule has 0 radical (unpaired) electrons. The average molecular weight is 375 g/mol. The van der Waals surface area contributed by atoms with Crippen LogP contribution in [-0.4, -0.2) is 17.0 Å². The summed E-state index contributed by atoms with van der Waals surface area (Å²) in [7, 11) is 0. The minimum Gasteiger partial charge on any atom is -0.455 e. The molecule has 1 N–H and O–H groups in total. The number of nitrogens with one attached hydrogen (secondary N) is 1. The Balaban J connectivity index is 1.35. The van der Waals surface area contributed by atoms with Gasteiger partial charge < -0.3 is 4.42 Å². The Morgan fingerprint density at radius 2 is 1.96 bits per heavy atom. The van der Waals surface area contributed by atoms with E-state index in [2.05, 4.69) is 10.5 Å². The van der Waals surface area contributed by atoms with Gasteiger partial charge in [0.15, 0.2) is 0 Å². The summed E-state index contributed by atoms with van der Waals surface area (Å²) in [6.07, 6.45) is 2.24. The predicted molar refractivity (Wildman–Crippen MR) is 104 cm³/mol. The number of carbonyl (C=O) groups is 1. The van der Waals surface area contributed by atoms with E-state index in [1.54, 1.807) is 24.3 Å². The van der Waals surface area contributed by atoms with Crippen LogP contribution in [0.2, 0.25) is 0 Å². The van der Waals surface area contributed by atoms with Gasteiger partial charge in [-0.05, 0) is 30.0 Å². The van der Waals surface area contributed by atoms with Crippen molar-refractivity contribution in [3.63, 3.8) is 0 Å². The first-order valence-electron chi connectivity index (χ1n) is 8.84. The number of hydrogen-bond acceptors (Lipinski definition) is 5. The highest BCUT2D eigenvalue weighted by Gasteiger charge is 2.43. The number of furan rings is 1. The van der Waals surface area contributed by atoms with E-state index in [0.29, 0.717) is 17.1 Å². The number of rotatable bonds is 6. The topological polar surface area (TPSA) is 97.7 Å². The molecule has 7 nitrogen and oxygen atoms in total. The lowest BCUT2D eigenvalue weighted by Gasteiger charge is -1.99. The molecule has 0 bridgehead atoms. The number of carbonyl (C=O) groups excluding carboxylic acids is 1. The number of nitrogens with zero attached hydrogens (tertiary/aromatic N) is 2. The zero-order chi connectivity index (χ0) is 19.5. The summed E-state index contributed by atoms with van der Waals surface area (Å²) in [6.45, 7) is 0. The zero-order valence-corrected chi connectivity index (χ0v) is 14.8. The van der Waals surface area contributed by atoms with Gasteiger partial charge in [0.2, 0.25) is 5.91 Å². The number of benzene rings is 2. The molecule has 2 atom stereocenters. The third-order valence-electron chi connectivity index (χ3n) is 4.69. The maximum atomic E-state index is 12.2. The summed E-state index contributed by atoms with van der Waals surface area (Å²) in [5, 5.41) is 14.8. The van der Waals surface area contributed by atoms with Gasteiger partial charge in [-0.2, -0.15) is 5.10 Å². The van der Waals surface area contributed by atoms with Crippen molar-refractivity contribution in [1.82, 2.24) is 5.43 Å². The van der Waals surface area contributed by atoms with Crippen LogP contribution in [0.4, 0.5) is 5.69 Å². The molecule has 1 heterocycles. The van der Waals surface area contributed by atoms with Gasteiger partial charge in [-0.25, -0.2) is 5.43 Å². The quantitative estimate of drug-likeness (QED) is 0.398. The maximum absolute atomic E-state index is 12.2. The van der Waals surface area contributed by atoms with Crippen LogP contribution in [-0.2, 0) is 4.79 Å². The SMILES string of the molecule is O=C(N/N=C\c1ccc(-c2cccc([N+](=O)[O-])c2)o1)[C@@H]1C[C@H]1c1ccccc1. The Labute approximate surface area is 160 Å². The highest BCUT2D eigenvalue weighted by Crippen LogP contribution is 2.47. The second-order valence-corrected chi connectivity index (χ2v) is 6.60. The van der Waals surface area contributed by atoms with Crippen molar-refractivity contribution in [2.75, 3.05) is 0 Å². The van der Waals surface area contributed by atoms with E-state index in [-0.39, 0.29) is 23.4 Å². The number of amides is 1. The van der Waals surface area contributed by atoms with Gasteiger partial charge in [0.1, 0.15) is 11.5 Å². The van der Waals surface area contributed by atoms with Crippen molar-refractivity contribution in [3.05, 3.63) is 88.2 Å². The van der Waals surface area contributed by atoms with Crippen LogP contribution in [0.25, 0.3) is 11.3 Å². The number of non-ortho nitro benzene ring substituents is 1. The summed E-state index contributed by atoms with van der Waals surface area (Å²) in [5.41, 5.74) is 4.31. The van der Waals surface area contributed by atoms with Gasteiger partial charge in [-0.1, -0.05) is 42.5 Å². The van der Waals surface area contributed by atoms with Crippen molar-refractivity contribution in [1.29, 1.82) is 0 Å². The van der Waals surface area contributed by atoms with E-state index in [1.807, 2.05) is 30.3 Å². The first-order valence-corrected chi connectivity index (χ1v) is 8.84. The summed E-state index contributed by atoms with van der Waals surface area (Å²) in [4.78, 5) is 22.6. The third-order valence-corrected chi connectivity index (χ3v) is 4.69. The van der Waals surface area contributed by atoms with Gasteiger partial charge in [-0.15, -0.1) is 0 Å². The van der Waals surface area contributed by atoms with Crippen molar-refractivity contribution in [2.45, 2.75) is 12.3 Å². The van der Waals surface area contributed by atoms with E-state index in [9.17, 15) is 14.9 Å². The van der Waals surface area contributed by atoms with Crippen LogP contribution in [0.5, 0.6) is 0 Å². The second-order valence-electron chi connectivity index (χ2n) is 6.60. The number of nitro benzene ring substituents is 1. The average Bonchev–Trinajstić information content (AvgIpc) is 3.39. The molecule has 140 valence electrons. The lowest BCUT2D eigenvalue weighted by molar-refractivity contribution is -0.384. The van der Waals surface area contributed by atoms with Crippen molar-refractivity contribution in [2.24, 2.45) is 11.0 Å². The fraction of sp³-hybridized carbons (Fsp3) is 0.143. The molecule has 2 aromatic carbocycles. The smallest absolute Gasteiger partial charge is 0.270 e. The second kappa shape index (κ2) is 7.48. The van der Waals surface area contributed by atoms with Crippen molar-refractivity contribution >= 4 is 17.8 Å². The largest absolute Gasteiger partial charge is 0.455 e. The predicted octanol–water partition coefficient (Wildman–Crippen LogP) is 4.11.